The number of aromatic nitrogens is 2. The zero-order valence-electron chi connectivity index (χ0n) is 9.42. The molecule has 92 valence electrons. The van der Waals surface area contributed by atoms with Crippen LogP contribution < -0.4 is 4.74 Å². The van der Waals surface area contributed by atoms with Gasteiger partial charge in [-0.2, -0.15) is 4.98 Å². The van der Waals surface area contributed by atoms with Gasteiger partial charge in [-0.25, -0.2) is 9.78 Å². The SMILES string of the molecule is COc1ccc2c(Cl)c(/C=C/C(=O)O)cnc2n1. The van der Waals surface area contributed by atoms with E-state index < -0.39 is 5.97 Å². The standard InChI is InChI=1S/C12H9ClN2O3/c1-18-9-4-3-8-11(13)7(2-5-10(16)17)6-14-12(8)15-9/h2-6H,1H3,(H,16,17)/b5-2+. The van der Waals surface area contributed by atoms with E-state index in [1.165, 1.54) is 19.4 Å². The number of rotatable bonds is 3. The molecule has 0 bridgehead atoms. The van der Waals surface area contributed by atoms with Crippen molar-refractivity contribution in [3.05, 3.63) is 35.0 Å². The lowest BCUT2D eigenvalue weighted by atomic mass is 10.2. The van der Waals surface area contributed by atoms with Gasteiger partial charge in [0.05, 0.1) is 12.1 Å². The van der Waals surface area contributed by atoms with Gasteiger partial charge in [0.1, 0.15) is 0 Å². The first-order valence-corrected chi connectivity index (χ1v) is 5.40. The first kappa shape index (κ1) is 12.3. The minimum Gasteiger partial charge on any atom is -0.481 e. The number of carbonyl (C=O) groups is 1. The number of methoxy groups -OCH3 is 1. The van der Waals surface area contributed by atoms with Gasteiger partial charge in [-0.05, 0) is 12.1 Å². The van der Waals surface area contributed by atoms with E-state index in [0.29, 0.717) is 27.5 Å². The summed E-state index contributed by atoms with van der Waals surface area (Å²) >= 11 is 6.16. The van der Waals surface area contributed by atoms with Crippen LogP contribution in [-0.4, -0.2) is 28.2 Å². The van der Waals surface area contributed by atoms with Gasteiger partial charge in [0, 0.05) is 29.3 Å². The highest BCUT2D eigenvalue weighted by Crippen LogP contribution is 2.26. The molecular weight excluding hydrogens is 256 g/mol. The van der Waals surface area contributed by atoms with Gasteiger partial charge in [-0.15, -0.1) is 0 Å². The third-order valence-corrected chi connectivity index (χ3v) is 2.70. The lowest BCUT2D eigenvalue weighted by molar-refractivity contribution is -0.131. The van der Waals surface area contributed by atoms with Crippen molar-refractivity contribution < 1.29 is 14.6 Å². The molecule has 0 fully saturated rings. The molecule has 2 aromatic heterocycles. The van der Waals surface area contributed by atoms with Crippen LogP contribution in [0.25, 0.3) is 17.1 Å². The average Bonchev–Trinajstić information content (AvgIpc) is 2.37. The molecule has 2 aromatic rings. The third-order valence-electron chi connectivity index (χ3n) is 2.28. The van der Waals surface area contributed by atoms with Crippen LogP contribution in [0.15, 0.2) is 24.4 Å². The van der Waals surface area contributed by atoms with Crippen LogP contribution >= 0.6 is 11.6 Å². The number of aliphatic carboxylic acids is 1. The molecule has 18 heavy (non-hydrogen) atoms. The monoisotopic (exact) mass is 264 g/mol. The molecule has 0 unspecified atom stereocenters. The summed E-state index contributed by atoms with van der Waals surface area (Å²) in [7, 11) is 1.51. The maximum atomic E-state index is 10.5. The molecule has 0 radical (unpaired) electrons. The summed E-state index contributed by atoms with van der Waals surface area (Å²) in [5.74, 6) is -0.598. The molecule has 6 heteroatoms. The number of fused-ring (bicyclic) bond motifs is 1. The Bertz CT molecular complexity index is 641. The van der Waals surface area contributed by atoms with Gasteiger partial charge in [0.2, 0.25) is 5.88 Å². The predicted molar refractivity (Wildman–Crippen MR) is 67.8 cm³/mol. The molecule has 0 aliphatic heterocycles. The van der Waals surface area contributed by atoms with Gasteiger partial charge in [-0.3, -0.25) is 0 Å². The summed E-state index contributed by atoms with van der Waals surface area (Å²) in [5.41, 5.74) is 0.977. The lowest BCUT2D eigenvalue weighted by Gasteiger charge is -2.04. The van der Waals surface area contributed by atoms with Gasteiger partial charge in [0.15, 0.2) is 5.65 Å². The summed E-state index contributed by atoms with van der Waals surface area (Å²) in [6, 6.07) is 3.40. The Labute approximate surface area is 108 Å². The Morgan fingerprint density at radius 3 is 2.94 bits per heavy atom. The van der Waals surface area contributed by atoms with Crippen molar-refractivity contribution in [3.63, 3.8) is 0 Å². The van der Waals surface area contributed by atoms with Gasteiger partial charge < -0.3 is 9.84 Å². The summed E-state index contributed by atoms with van der Waals surface area (Å²) in [4.78, 5) is 18.7. The van der Waals surface area contributed by atoms with Crippen LogP contribution in [-0.2, 0) is 4.79 Å². The Hall–Kier alpha value is -2.14. The minimum atomic E-state index is -1.04. The zero-order valence-corrected chi connectivity index (χ0v) is 10.2. The highest BCUT2D eigenvalue weighted by molar-refractivity contribution is 6.36. The van der Waals surface area contributed by atoms with Gasteiger partial charge in [0.25, 0.3) is 0 Å². The van der Waals surface area contributed by atoms with E-state index in [9.17, 15) is 4.79 Å². The summed E-state index contributed by atoms with van der Waals surface area (Å²) in [5, 5.41) is 9.62. The first-order chi connectivity index (χ1) is 8.61. The Morgan fingerprint density at radius 2 is 2.28 bits per heavy atom. The van der Waals surface area contributed by atoms with Crippen molar-refractivity contribution in [3.8, 4) is 5.88 Å². The number of pyridine rings is 2. The van der Waals surface area contributed by atoms with E-state index in [1.54, 1.807) is 12.1 Å². The fourth-order valence-corrected chi connectivity index (χ4v) is 1.69. The first-order valence-electron chi connectivity index (χ1n) is 5.02. The van der Waals surface area contributed by atoms with E-state index in [2.05, 4.69) is 9.97 Å². The Morgan fingerprint density at radius 1 is 1.50 bits per heavy atom. The van der Waals surface area contributed by atoms with Crippen molar-refractivity contribution in [2.45, 2.75) is 0 Å². The fraction of sp³-hybridized carbons (Fsp3) is 0.0833. The van der Waals surface area contributed by atoms with Crippen LogP contribution in [0, 0.1) is 0 Å². The van der Waals surface area contributed by atoms with Crippen LogP contribution in [0.1, 0.15) is 5.56 Å². The van der Waals surface area contributed by atoms with Crippen molar-refractivity contribution in [2.24, 2.45) is 0 Å². The second kappa shape index (κ2) is 5.01. The summed E-state index contributed by atoms with van der Waals surface area (Å²) < 4.78 is 4.99. The lowest BCUT2D eigenvalue weighted by Crippen LogP contribution is -1.92. The molecule has 5 nitrogen and oxygen atoms in total. The van der Waals surface area contributed by atoms with Gasteiger partial charge in [-0.1, -0.05) is 11.6 Å². The maximum absolute atomic E-state index is 10.5. The Balaban J connectivity index is 2.54. The molecule has 0 spiro atoms. The Kier molecular flexibility index (Phi) is 3.43. The van der Waals surface area contributed by atoms with E-state index in [0.717, 1.165) is 6.08 Å². The minimum absolute atomic E-state index is 0.410. The zero-order chi connectivity index (χ0) is 13.1. The van der Waals surface area contributed by atoms with Crippen molar-refractivity contribution in [1.29, 1.82) is 0 Å². The number of ether oxygens (including phenoxy) is 1. The van der Waals surface area contributed by atoms with Crippen LogP contribution in [0.2, 0.25) is 5.02 Å². The molecule has 0 aromatic carbocycles. The molecule has 0 amide bonds. The number of hydrogen-bond acceptors (Lipinski definition) is 4. The number of hydrogen-bond donors (Lipinski definition) is 1. The van der Waals surface area contributed by atoms with Crippen LogP contribution in [0.5, 0.6) is 5.88 Å². The highest BCUT2D eigenvalue weighted by atomic mass is 35.5. The molecular formula is C12H9ClN2O3. The molecule has 0 saturated heterocycles. The largest absolute Gasteiger partial charge is 0.481 e. The normalized spacial score (nSPS) is 11.0. The molecule has 0 atom stereocenters. The van der Waals surface area contributed by atoms with Crippen molar-refractivity contribution in [2.75, 3.05) is 7.11 Å². The molecule has 0 aliphatic rings. The average molecular weight is 265 g/mol. The van der Waals surface area contributed by atoms with Gasteiger partial charge >= 0.3 is 5.97 Å². The van der Waals surface area contributed by atoms with Crippen molar-refractivity contribution >= 4 is 34.7 Å². The molecule has 1 N–H and O–H groups in total. The highest BCUT2D eigenvalue weighted by Gasteiger charge is 2.07. The van der Waals surface area contributed by atoms with E-state index in [1.807, 2.05) is 0 Å². The second-order valence-corrected chi connectivity index (χ2v) is 3.80. The fourth-order valence-electron chi connectivity index (χ4n) is 1.43. The third kappa shape index (κ3) is 2.41. The maximum Gasteiger partial charge on any atom is 0.328 e. The van der Waals surface area contributed by atoms with E-state index in [4.69, 9.17) is 21.4 Å². The number of nitrogens with zero attached hydrogens (tertiary/aromatic N) is 2. The van der Waals surface area contributed by atoms with Crippen LogP contribution in [0.3, 0.4) is 0 Å². The number of carboxylic acids is 1. The molecule has 0 aliphatic carbocycles. The molecule has 0 saturated carbocycles. The predicted octanol–water partition coefficient (Wildman–Crippen LogP) is 2.39. The topological polar surface area (TPSA) is 72.3 Å². The molecule has 2 rings (SSSR count). The van der Waals surface area contributed by atoms with E-state index in [-0.39, 0.29) is 0 Å². The number of carboxylic acid groups (broad SMARTS) is 1. The summed E-state index contributed by atoms with van der Waals surface area (Å²) in [6.45, 7) is 0. The van der Waals surface area contributed by atoms with E-state index >= 15 is 0 Å². The van der Waals surface area contributed by atoms with Crippen molar-refractivity contribution in [1.82, 2.24) is 9.97 Å². The van der Waals surface area contributed by atoms with Crippen LogP contribution in [0.4, 0.5) is 0 Å². The molecule has 2 heterocycles. The quantitative estimate of drug-likeness (QED) is 0.862. The number of halogens is 1. The summed E-state index contributed by atoms with van der Waals surface area (Å²) in [6.07, 6.45) is 3.86. The second-order valence-electron chi connectivity index (χ2n) is 3.42. The smallest absolute Gasteiger partial charge is 0.328 e.